The third-order valence-electron chi connectivity index (χ3n) is 4.36. The van der Waals surface area contributed by atoms with Crippen molar-refractivity contribution in [2.75, 3.05) is 0 Å². The van der Waals surface area contributed by atoms with Crippen molar-refractivity contribution in [3.8, 4) is 0 Å². The highest BCUT2D eigenvalue weighted by Crippen LogP contribution is 2.39. The number of hydrogen-bond acceptors (Lipinski definition) is 5. The molecular weight excluding hydrogens is 310 g/mol. The highest BCUT2D eigenvalue weighted by molar-refractivity contribution is 7.91. The Balaban J connectivity index is 1.85. The lowest BCUT2D eigenvalue weighted by atomic mass is 9.68. The van der Waals surface area contributed by atoms with Gasteiger partial charge in [-0.3, -0.25) is 4.79 Å². The average molecular weight is 329 g/mol. The van der Waals surface area contributed by atoms with Crippen LogP contribution in [0.2, 0.25) is 0 Å². The molecule has 1 saturated carbocycles. The third-order valence-corrected chi connectivity index (χ3v) is 7.52. The number of thiazole rings is 1. The van der Waals surface area contributed by atoms with Gasteiger partial charge in [0.05, 0.1) is 16.2 Å². The molecule has 1 atom stereocenters. The molecule has 1 saturated heterocycles. The number of nitrogens with zero attached hydrogens (tertiary/aromatic N) is 1. The van der Waals surface area contributed by atoms with Crippen molar-refractivity contribution in [3.63, 3.8) is 0 Å². The molecule has 0 unspecified atom stereocenters. The van der Waals surface area contributed by atoms with Crippen LogP contribution in [0.3, 0.4) is 0 Å². The van der Waals surface area contributed by atoms with Crippen LogP contribution in [0.5, 0.6) is 0 Å². The minimum Gasteiger partial charge on any atom is -0.349 e. The third kappa shape index (κ3) is 2.60. The monoisotopic (exact) mass is 329 g/mol. The van der Waals surface area contributed by atoms with Crippen molar-refractivity contribution in [2.24, 2.45) is 0 Å². The van der Waals surface area contributed by atoms with Gasteiger partial charge in [0, 0.05) is 12.5 Å². The molecule has 1 aromatic heterocycles. The highest BCUT2D eigenvalue weighted by Gasteiger charge is 2.49. The molecule has 2 heterocycles. The summed E-state index contributed by atoms with van der Waals surface area (Å²) < 4.78 is 28.3. The lowest BCUT2D eigenvalue weighted by molar-refractivity contribution is -0.127. The molecule has 3 rings (SSSR count). The van der Waals surface area contributed by atoms with Gasteiger partial charge in [0.1, 0.15) is 0 Å². The zero-order chi connectivity index (χ0) is 15.3. The topological polar surface area (TPSA) is 88.2 Å². The number of hydrogen-bond donors (Lipinski definition) is 2. The Kier molecular flexibility index (Phi) is 3.58. The van der Waals surface area contributed by atoms with Crippen LogP contribution >= 0.6 is 11.3 Å². The summed E-state index contributed by atoms with van der Waals surface area (Å²) in [6, 6.07) is -0.226. The maximum absolute atomic E-state index is 12.6. The van der Waals surface area contributed by atoms with E-state index in [2.05, 4.69) is 15.0 Å². The van der Waals surface area contributed by atoms with Crippen LogP contribution in [-0.4, -0.2) is 30.9 Å². The molecule has 1 aliphatic carbocycles. The molecule has 1 spiro atoms. The second-order valence-corrected chi connectivity index (χ2v) is 8.99. The predicted octanol–water partition coefficient (Wildman–Crippen LogP) is 1.24. The van der Waals surface area contributed by atoms with Crippen LogP contribution in [-0.2, 0) is 14.8 Å². The van der Waals surface area contributed by atoms with Crippen molar-refractivity contribution in [2.45, 2.75) is 61.7 Å². The SMILES string of the molecule is Cc1nc(C)c(S(=O)(=O)N[C@H]2CCC(=O)NC23CCC3)s1. The van der Waals surface area contributed by atoms with E-state index in [9.17, 15) is 13.2 Å². The first-order chi connectivity index (χ1) is 9.82. The summed E-state index contributed by atoms with van der Waals surface area (Å²) in [6.45, 7) is 3.50. The fraction of sp³-hybridized carbons (Fsp3) is 0.692. The molecule has 6 nitrogen and oxygen atoms in total. The maximum Gasteiger partial charge on any atom is 0.252 e. The van der Waals surface area contributed by atoms with Gasteiger partial charge in [0.25, 0.3) is 10.0 Å². The Hall–Kier alpha value is -0.990. The zero-order valence-electron chi connectivity index (χ0n) is 12.1. The molecule has 1 amide bonds. The Morgan fingerprint density at radius 1 is 1.38 bits per heavy atom. The smallest absolute Gasteiger partial charge is 0.252 e. The number of amides is 1. The highest BCUT2D eigenvalue weighted by atomic mass is 32.2. The molecule has 0 aromatic carbocycles. The molecule has 1 aromatic rings. The van der Waals surface area contributed by atoms with Gasteiger partial charge in [0.2, 0.25) is 5.91 Å². The van der Waals surface area contributed by atoms with Crippen LogP contribution < -0.4 is 10.0 Å². The largest absolute Gasteiger partial charge is 0.349 e. The number of piperidine rings is 1. The minimum absolute atomic E-state index is 0.0231. The van der Waals surface area contributed by atoms with Crippen LogP contribution in [0.25, 0.3) is 0 Å². The van der Waals surface area contributed by atoms with Gasteiger partial charge in [-0.2, -0.15) is 0 Å². The number of nitrogens with one attached hydrogen (secondary N) is 2. The van der Waals surface area contributed by atoms with E-state index in [-0.39, 0.29) is 21.7 Å². The Morgan fingerprint density at radius 3 is 2.62 bits per heavy atom. The quantitative estimate of drug-likeness (QED) is 0.873. The zero-order valence-corrected chi connectivity index (χ0v) is 13.7. The van der Waals surface area contributed by atoms with E-state index in [1.54, 1.807) is 13.8 Å². The maximum atomic E-state index is 12.6. The van der Waals surface area contributed by atoms with Crippen LogP contribution in [0, 0.1) is 13.8 Å². The van der Waals surface area contributed by atoms with Gasteiger partial charge in [-0.25, -0.2) is 18.1 Å². The second kappa shape index (κ2) is 5.03. The molecule has 0 radical (unpaired) electrons. The lowest BCUT2D eigenvalue weighted by Crippen LogP contribution is -2.68. The van der Waals surface area contributed by atoms with Crippen molar-refractivity contribution >= 4 is 27.3 Å². The summed E-state index contributed by atoms with van der Waals surface area (Å²) >= 11 is 1.19. The van der Waals surface area contributed by atoms with Crippen LogP contribution in [0.4, 0.5) is 0 Å². The number of carbonyl (C=O) groups excluding carboxylic acids is 1. The van der Waals surface area contributed by atoms with Gasteiger partial charge in [0.15, 0.2) is 4.21 Å². The van der Waals surface area contributed by atoms with Crippen molar-refractivity contribution < 1.29 is 13.2 Å². The van der Waals surface area contributed by atoms with Gasteiger partial charge >= 0.3 is 0 Å². The molecule has 8 heteroatoms. The summed E-state index contributed by atoms with van der Waals surface area (Å²) in [5.41, 5.74) is 0.156. The first kappa shape index (κ1) is 14.9. The Bertz CT molecular complexity index is 677. The number of aromatic nitrogens is 1. The Morgan fingerprint density at radius 2 is 2.10 bits per heavy atom. The first-order valence-corrected chi connectivity index (χ1v) is 9.40. The van der Waals surface area contributed by atoms with Gasteiger partial charge in [-0.15, -0.1) is 11.3 Å². The summed E-state index contributed by atoms with van der Waals surface area (Å²) in [7, 11) is -3.58. The van der Waals surface area contributed by atoms with Gasteiger partial charge < -0.3 is 5.32 Å². The van der Waals surface area contributed by atoms with E-state index < -0.39 is 10.0 Å². The van der Waals surface area contributed by atoms with E-state index >= 15 is 0 Å². The molecule has 21 heavy (non-hydrogen) atoms. The molecule has 116 valence electrons. The summed E-state index contributed by atoms with van der Waals surface area (Å²) in [5.74, 6) is 0.0231. The van der Waals surface area contributed by atoms with Crippen LogP contribution in [0.15, 0.2) is 4.21 Å². The second-order valence-electron chi connectivity index (χ2n) is 5.88. The fourth-order valence-corrected chi connectivity index (χ4v) is 6.03. The molecule has 1 aliphatic heterocycles. The first-order valence-electron chi connectivity index (χ1n) is 7.10. The standard InChI is InChI=1S/C13H19N3O3S2/c1-8-12(20-9(2)14-8)21(18,19)16-10-4-5-11(17)15-13(10)6-3-7-13/h10,16H,3-7H2,1-2H3,(H,15,17)/t10-/m0/s1. The molecule has 2 N–H and O–H groups in total. The summed E-state index contributed by atoms with van der Waals surface area (Å²) in [5, 5.41) is 3.73. The van der Waals surface area contributed by atoms with E-state index in [1.165, 1.54) is 11.3 Å². The van der Waals surface area contributed by atoms with Gasteiger partial charge in [-0.05, 0) is 39.5 Å². The predicted molar refractivity (Wildman–Crippen MR) is 79.7 cm³/mol. The van der Waals surface area contributed by atoms with E-state index in [4.69, 9.17) is 0 Å². The number of carbonyl (C=O) groups is 1. The van der Waals surface area contributed by atoms with Crippen molar-refractivity contribution in [1.82, 2.24) is 15.0 Å². The Labute approximate surface area is 128 Å². The normalized spacial score (nSPS) is 24.7. The van der Waals surface area contributed by atoms with E-state index in [0.29, 0.717) is 18.5 Å². The summed E-state index contributed by atoms with van der Waals surface area (Å²) in [4.78, 5) is 15.8. The minimum atomic E-state index is -3.58. The average Bonchev–Trinajstić information content (AvgIpc) is 2.69. The fourth-order valence-electron chi connectivity index (χ4n) is 3.18. The van der Waals surface area contributed by atoms with E-state index in [0.717, 1.165) is 24.3 Å². The van der Waals surface area contributed by atoms with Crippen molar-refractivity contribution in [1.29, 1.82) is 0 Å². The summed E-state index contributed by atoms with van der Waals surface area (Å²) in [6.07, 6.45) is 3.63. The molecule has 2 fully saturated rings. The van der Waals surface area contributed by atoms with E-state index in [1.807, 2.05) is 0 Å². The number of rotatable bonds is 3. The number of aryl methyl sites for hydroxylation is 2. The molecule has 0 bridgehead atoms. The van der Waals surface area contributed by atoms with Crippen LogP contribution in [0.1, 0.15) is 42.8 Å². The molecular formula is C13H19N3O3S2. The lowest BCUT2D eigenvalue weighted by Gasteiger charge is -2.50. The number of sulfonamides is 1. The molecule has 2 aliphatic rings. The van der Waals surface area contributed by atoms with Gasteiger partial charge in [-0.1, -0.05) is 0 Å². The van der Waals surface area contributed by atoms with Crippen molar-refractivity contribution in [3.05, 3.63) is 10.7 Å².